The second-order valence-corrected chi connectivity index (χ2v) is 5.37. The molecule has 0 aliphatic rings. The topological polar surface area (TPSA) is 92.4 Å². The lowest BCUT2D eigenvalue weighted by molar-refractivity contribution is 0.0697. The van der Waals surface area contributed by atoms with Crippen molar-refractivity contribution in [3.05, 3.63) is 59.9 Å². The molecular weight excluding hydrogens is 306 g/mol. The standard InChI is InChI=1S/C17H13N5O2/c1-10-20-21-15-13-4-2-3-5-14(13)19-17(22(10)15)18-12-8-6-11(7-9-12)16(23)24/h2-9H,1H3,(H,18,19)(H,23,24). The van der Waals surface area contributed by atoms with Gasteiger partial charge in [-0.2, -0.15) is 0 Å². The van der Waals surface area contributed by atoms with Crippen LogP contribution in [0.5, 0.6) is 0 Å². The summed E-state index contributed by atoms with van der Waals surface area (Å²) >= 11 is 0. The maximum Gasteiger partial charge on any atom is 0.335 e. The summed E-state index contributed by atoms with van der Waals surface area (Å²) in [5.41, 5.74) is 2.50. The van der Waals surface area contributed by atoms with E-state index >= 15 is 0 Å². The van der Waals surface area contributed by atoms with Gasteiger partial charge in [0.25, 0.3) is 0 Å². The van der Waals surface area contributed by atoms with Crippen LogP contribution in [0.2, 0.25) is 0 Å². The van der Waals surface area contributed by atoms with Gasteiger partial charge >= 0.3 is 5.97 Å². The van der Waals surface area contributed by atoms with Crippen molar-refractivity contribution in [2.45, 2.75) is 6.92 Å². The van der Waals surface area contributed by atoms with Crippen molar-refractivity contribution >= 4 is 34.2 Å². The number of nitrogens with one attached hydrogen (secondary N) is 1. The van der Waals surface area contributed by atoms with E-state index in [1.807, 2.05) is 35.6 Å². The Morgan fingerprint density at radius 3 is 2.58 bits per heavy atom. The van der Waals surface area contributed by atoms with Crippen LogP contribution in [0.15, 0.2) is 48.5 Å². The fraction of sp³-hybridized carbons (Fsp3) is 0.0588. The Kier molecular flexibility index (Phi) is 3.13. The summed E-state index contributed by atoms with van der Waals surface area (Å²) in [5.74, 6) is 0.338. The first-order valence-electron chi connectivity index (χ1n) is 7.34. The molecule has 2 N–H and O–H groups in total. The predicted octanol–water partition coefficient (Wildman–Crippen LogP) is 3.03. The van der Waals surface area contributed by atoms with E-state index < -0.39 is 5.97 Å². The molecule has 0 radical (unpaired) electrons. The highest BCUT2D eigenvalue weighted by molar-refractivity contribution is 5.92. The molecule has 4 rings (SSSR count). The molecule has 0 bridgehead atoms. The molecule has 0 aliphatic heterocycles. The summed E-state index contributed by atoms with van der Waals surface area (Å²) in [6.07, 6.45) is 0. The quantitative estimate of drug-likeness (QED) is 0.603. The van der Waals surface area contributed by atoms with Crippen LogP contribution in [-0.4, -0.2) is 30.7 Å². The third kappa shape index (κ3) is 2.23. The summed E-state index contributed by atoms with van der Waals surface area (Å²) in [6.45, 7) is 1.86. The third-order valence-corrected chi connectivity index (χ3v) is 3.80. The maximum atomic E-state index is 10.9. The number of aryl methyl sites for hydroxylation is 1. The molecule has 2 aromatic heterocycles. The van der Waals surface area contributed by atoms with Crippen LogP contribution >= 0.6 is 0 Å². The van der Waals surface area contributed by atoms with Gasteiger partial charge in [-0.1, -0.05) is 12.1 Å². The lowest BCUT2D eigenvalue weighted by Gasteiger charge is -2.10. The number of benzene rings is 2. The molecule has 24 heavy (non-hydrogen) atoms. The van der Waals surface area contributed by atoms with E-state index in [-0.39, 0.29) is 5.56 Å². The van der Waals surface area contributed by atoms with Gasteiger partial charge < -0.3 is 10.4 Å². The van der Waals surface area contributed by atoms with Gasteiger partial charge in [0, 0.05) is 11.1 Å². The zero-order valence-corrected chi connectivity index (χ0v) is 12.8. The van der Waals surface area contributed by atoms with Gasteiger partial charge in [0.2, 0.25) is 5.95 Å². The molecule has 2 aromatic carbocycles. The highest BCUT2D eigenvalue weighted by Crippen LogP contribution is 2.24. The summed E-state index contributed by atoms with van der Waals surface area (Å²) in [7, 11) is 0. The molecule has 0 amide bonds. The van der Waals surface area contributed by atoms with Crippen LogP contribution in [0.3, 0.4) is 0 Å². The fourth-order valence-electron chi connectivity index (χ4n) is 2.62. The van der Waals surface area contributed by atoms with Gasteiger partial charge in [0.15, 0.2) is 5.65 Å². The van der Waals surface area contributed by atoms with Crippen LogP contribution in [0, 0.1) is 6.92 Å². The Hall–Kier alpha value is -3.48. The number of fused-ring (bicyclic) bond motifs is 3. The van der Waals surface area contributed by atoms with E-state index in [0.29, 0.717) is 11.8 Å². The zero-order valence-electron chi connectivity index (χ0n) is 12.8. The highest BCUT2D eigenvalue weighted by Gasteiger charge is 2.13. The van der Waals surface area contributed by atoms with Gasteiger partial charge in [-0.05, 0) is 43.3 Å². The van der Waals surface area contributed by atoms with Gasteiger partial charge in [0.05, 0.1) is 11.1 Å². The van der Waals surface area contributed by atoms with Gasteiger partial charge in [-0.3, -0.25) is 0 Å². The SMILES string of the molecule is Cc1nnc2c3ccccc3nc(Nc3ccc(C(=O)O)cc3)n12. The molecule has 0 saturated carbocycles. The molecule has 0 aliphatic carbocycles. The van der Waals surface area contributed by atoms with Crippen molar-refractivity contribution in [3.8, 4) is 0 Å². The van der Waals surface area contributed by atoms with E-state index in [1.54, 1.807) is 24.3 Å². The van der Waals surface area contributed by atoms with Crippen molar-refractivity contribution in [2.24, 2.45) is 0 Å². The van der Waals surface area contributed by atoms with Gasteiger partial charge in [-0.15, -0.1) is 10.2 Å². The van der Waals surface area contributed by atoms with Crippen LogP contribution in [0.1, 0.15) is 16.2 Å². The molecule has 0 saturated heterocycles. The molecule has 118 valence electrons. The Balaban J connectivity index is 1.85. The molecule has 4 aromatic rings. The number of hydrogen-bond acceptors (Lipinski definition) is 5. The van der Waals surface area contributed by atoms with Crippen molar-refractivity contribution in [1.29, 1.82) is 0 Å². The van der Waals surface area contributed by atoms with E-state index in [1.165, 1.54) is 0 Å². The number of carboxylic acids is 1. The highest BCUT2D eigenvalue weighted by atomic mass is 16.4. The lowest BCUT2D eigenvalue weighted by atomic mass is 10.2. The Bertz CT molecular complexity index is 1070. The number of nitrogens with zero attached hydrogens (tertiary/aromatic N) is 4. The Labute approximate surface area is 136 Å². The van der Waals surface area contributed by atoms with Crippen LogP contribution < -0.4 is 5.32 Å². The predicted molar refractivity (Wildman–Crippen MR) is 89.7 cm³/mol. The molecule has 0 atom stereocenters. The first kappa shape index (κ1) is 14.1. The van der Waals surface area contributed by atoms with Crippen molar-refractivity contribution in [3.63, 3.8) is 0 Å². The van der Waals surface area contributed by atoms with Crippen molar-refractivity contribution < 1.29 is 9.90 Å². The molecular formula is C17H13N5O2. The van der Waals surface area contributed by atoms with Crippen LogP contribution in [0.25, 0.3) is 16.6 Å². The minimum atomic E-state index is -0.956. The third-order valence-electron chi connectivity index (χ3n) is 3.80. The number of carboxylic acid groups (broad SMARTS) is 1. The minimum absolute atomic E-state index is 0.234. The molecule has 0 fully saturated rings. The first-order chi connectivity index (χ1) is 11.6. The lowest BCUT2D eigenvalue weighted by Crippen LogP contribution is -2.04. The molecule has 2 heterocycles. The largest absolute Gasteiger partial charge is 0.478 e. The number of anilines is 2. The molecule has 7 heteroatoms. The van der Waals surface area contributed by atoms with Crippen LogP contribution in [0.4, 0.5) is 11.6 Å². The number of aromatic nitrogens is 4. The van der Waals surface area contributed by atoms with E-state index in [0.717, 1.165) is 22.2 Å². The average molecular weight is 319 g/mol. The summed E-state index contributed by atoms with van der Waals surface area (Å²) < 4.78 is 1.84. The molecule has 0 spiro atoms. The second-order valence-electron chi connectivity index (χ2n) is 5.37. The number of aromatic carboxylic acids is 1. The smallest absolute Gasteiger partial charge is 0.335 e. The number of rotatable bonds is 3. The zero-order chi connectivity index (χ0) is 16.7. The minimum Gasteiger partial charge on any atom is -0.478 e. The van der Waals surface area contributed by atoms with E-state index in [2.05, 4.69) is 20.5 Å². The fourth-order valence-corrected chi connectivity index (χ4v) is 2.62. The Morgan fingerprint density at radius 1 is 1.08 bits per heavy atom. The Morgan fingerprint density at radius 2 is 1.83 bits per heavy atom. The van der Waals surface area contributed by atoms with Crippen molar-refractivity contribution in [1.82, 2.24) is 19.6 Å². The summed E-state index contributed by atoms with van der Waals surface area (Å²) in [6, 6.07) is 14.2. The van der Waals surface area contributed by atoms with E-state index in [4.69, 9.17) is 5.11 Å². The van der Waals surface area contributed by atoms with Gasteiger partial charge in [0.1, 0.15) is 5.82 Å². The monoisotopic (exact) mass is 319 g/mol. The number of para-hydroxylation sites is 1. The van der Waals surface area contributed by atoms with Gasteiger partial charge in [-0.25, -0.2) is 14.2 Å². The molecule has 7 nitrogen and oxygen atoms in total. The normalized spacial score (nSPS) is 11.0. The average Bonchev–Trinajstić information content (AvgIpc) is 2.98. The summed E-state index contributed by atoms with van der Waals surface area (Å²) in [5, 5.41) is 21.5. The maximum absolute atomic E-state index is 10.9. The summed E-state index contributed by atoms with van der Waals surface area (Å²) in [4.78, 5) is 15.6. The number of carbonyl (C=O) groups is 1. The van der Waals surface area contributed by atoms with Crippen LogP contribution in [-0.2, 0) is 0 Å². The molecule has 0 unspecified atom stereocenters. The van der Waals surface area contributed by atoms with Crippen molar-refractivity contribution in [2.75, 3.05) is 5.32 Å². The second kappa shape index (κ2) is 5.31. The van der Waals surface area contributed by atoms with E-state index in [9.17, 15) is 4.79 Å². The first-order valence-corrected chi connectivity index (χ1v) is 7.34. The number of hydrogen-bond donors (Lipinski definition) is 2.